The highest BCUT2D eigenvalue weighted by molar-refractivity contribution is 5.76. The van der Waals surface area contributed by atoms with E-state index in [0.717, 1.165) is 116 Å². The first-order valence-corrected chi connectivity index (χ1v) is 36.7. The second kappa shape index (κ2) is 75.3. The molecule has 0 aromatic rings. The summed E-state index contributed by atoms with van der Waals surface area (Å²) in [7, 11) is 0. The Morgan fingerprint density at radius 2 is 0.523 bits per heavy atom. The fourth-order valence-corrected chi connectivity index (χ4v) is 10.5. The molecule has 2 unspecified atom stereocenters. The number of amides is 1. The van der Waals surface area contributed by atoms with Crippen molar-refractivity contribution in [2.24, 2.45) is 0 Å². The minimum atomic E-state index is -0.881. The first kappa shape index (κ1) is 82.0. The minimum absolute atomic E-state index is 0.0880. The predicted octanol–water partition coefficient (Wildman–Crippen LogP) is 25.6. The zero-order valence-electron chi connectivity index (χ0n) is 56.5. The van der Waals surface area contributed by atoms with Crippen LogP contribution in [-0.2, 0) is 4.79 Å². The third-order valence-corrected chi connectivity index (χ3v) is 16.0. The highest BCUT2D eigenvalue weighted by Crippen LogP contribution is 2.17. The topological polar surface area (TPSA) is 69.6 Å². The molecule has 0 radical (unpaired) electrons. The average Bonchev–Trinajstić information content (AvgIpc) is 3.59. The van der Waals surface area contributed by atoms with Gasteiger partial charge in [-0.3, -0.25) is 4.79 Å². The standard InChI is InChI=1S/C82H139NO3/c1-3-5-7-9-11-13-15-17-19-21-23-25-27-29-31-33-35-37-38-39-40-41-42-43-44-46-48-50-52-54-56-58-60-62-64-66-68-70-72-74-76-78-82(86)83-80(79-84)81(85)77-75-73-71-69-67-65-63-61-59-57-55-53-51-49-47-45-36-34-32-30-28-26-24-22-20-18-16-14-12-10-8-6-4-2/h5,7,11,13,17,19,23,25,29,31,35,37,39-40,42-43,46,48,52,54,58,60,67,69,75,77,80-81,84-85H,3-4,6,8-10,12,14-16,18,20-22,24,26-28,30,32-34,36,38,41,44-45,47,49-51,53,55-57,59,61-66,68,70-74,76,78-79H2,1-2H3,(H,83,86)/b7-5-,13-11-,19-17-,25-23-,31-29-,37-35-,40-39-,43-42-,48-46-,54-52-,60-58-,69-67+,77-75+. The molecule has 490 valence electrons. The summed E-state index contributed by atoms with van der Waals surface area (Å²) in [6, 6.07) is -0.659. The number of rotatable bonds is 66. The number of hydrogen-bond acceptors (Lipinski definition) is 3. The highest BCUT2D eigenvalue weighted by atomic mass is 16.3. The lowest BCUT2D eigenvalue weighted by Crippen LogP contribution is -2.45. The van der Waals surface area contributed by atoms with Gasteiger partial charge in [0.05, 0.1) is 18.8 Å². The molecule has 0 saturated heterocycles. The van der Waals surface area contributed by atoms with Gasteiger partial charge in [-0.05, 0) is 116 Å². The number of aliphatic hydroxyl groups excluding tert-OH is 2. The maximum Gasteiger partial charge on any atom is 0.220 e. The Balaban J connectivity index is 3.61. The molecule has 4 nitrogen and oxygen atoms in total. The van der Waals surface area contributed by atoms with E-state index in [9.17, 15) is 15.0 Å². The van der Waals surface area contributed by atoms with E-state index < -0.39 is 12.1 Å². The molecule has 3 N–H and O–H groups in total. The first-order chi connectivity index (χ1) is 42.7. The van der Waals surface area contributed by atoms with E-state index in [1.165, 1.54) is 199 Å². The molecule has 0 saturated carbocycles. The third kappa shape index (κ3) is 70.8. The van der Waals surface area contributed by atoms with Crippen molar-refractivity contribution in [3.8, 4) is 0 Å². The third-order valence-electron chi connectivity index (χ3n) is 16.0. The quantitative estimate of drug-likeness (QED) is 0.0420. The Morgan fingerprint density at radius 1 is 0.291 bits per heavy atom. The van der Waals surface area contributed by atoms with E-state index in [0.29, 0.717) is 6.42 Å². The normalized spacial score (nSPS) is 13.7. The number of unbranched alkanes of at least 4 members (excludes halogenated alkanes) is 35. The maximum atomic E-state index is 12.5. The van der Waals surface area contributed by atoms with Crippen molar-refractivity contribution in [3.63, 3.8) is 0 Å². The number of nitrogens with one attached hydrogen (secondary N) is 1. The van der Waals surface area contributed by atoms with Gasteiger partial charge in [-0.1, -0.05) is 371 Å². The summed E-state index contributed by atoms with van der Waals surface area (Å²) in [6.45, 7) is 4.20. The second-order valence-electron chi connectivity index (χ2n) is 24.3. The van der Waals surface area contributed by atoms with Crippen LogP contribution in [0.4, 0.5) is 0 Å². The molecule has 86 heavy (non-hydrogen) atoms. The van der Waals surface area contributed by atoms with Crippen LogP contribution in [0.15, 0.2) is 158 Å². The van der Waals surface area contributed by atoms with Crippen LogP contribution in [0.25, 0.3) is 0 Å². The molecule has 0 aromatic carbocycles. The molecular formula is C82H139NO3. The van der Waals surface area contributed by atoms with Crippen LogP contribution in [0, 0.1) is 0 Å². The number of carbonyl (C=O) groups excluding carboxylic acids is 1. The smallest absolute Gasteiger partial charge is 0.220 e. The van der Waals surface area contributed by atoms with Crippen molar-refractivity contribution in [2.75, 3.05) is 6.61 Å². The second-order valence-corrected chi connectivity index (χ2v) is 24.3. The SMILES string of the molecule is CC/C=C\C/C=C\C/C=C\C/C=C\C/C=C\C/C=C\C/C=C\C/C=C\C/C=C\C/C=C\C/C=C\CCCCCCCCCC(=O)NC(CO)C(O)/C=C/CC/C=C/CCCCCCCCCCCCCCCCCCCCCCCCCCCCC. The van der Waals surface area contributed by atoms with Crippen molar-refractivity contribution < 1.29 is 15.0 Å². The summed E-state index contributed by atoms with van der Waals surface area (Å²) in [5.74, 6) is -0.0880. The van der Waals surface area contributed by atoms with E-state index >= 15 is 0 Å². The Kier molecular flexibility index (Phi) is 71.8. The molecule has 0 aliphatic heterocycles. The lowest BCUT2D eigenvalue weighted by molar-refractivity contribution is -0.123. The molecule has 2 atom stereocenters. The van der Waals surface area contributed by atoms with Crippen molar-refractivity contribution >= 4 is 5.91 Å². The molecule has 0 rings (SSSR count). The van der Waals surface area contributed by atoms with Gasteiger partial charge in [0.1, 0.15) is 0 Å². The fourth-order valence-electron chi connectivity index (χ4n) is 10.5. The summed E-state index contributed by atoms with van der Waals surface area (Å²) in [5, 5.41) is 23.3. The van der Waals surface area contributed by atoms with Crippen LogP contribution < -0.4 is 5.32 Å². The van der Waals surface area contributed by atoms with Crippen LogP contribution in [0.3, 0.4) is 0 Å². The van der Waals surface area contributed by atoms with E-state index in [-0.39, 0.29) is 12.5 Å². The molecule has 0 bridgehead atoms. The minimum Gasteiger partial charge on any atom is -0.394 e. The van der Waals surface area contributed by atoms with E-state index in [4.69, 9.17) is 0 Å². The Hall–Kier alpha value is -3.99. The monoisotopic (exact) mass is 1190 g/mol. The van der Waals surface area contributed by atoms with Crippen molar-refractivity contribution in [1.82, 2.24) is 5.32 Å². The maximum absolute atomic E-state index is 12.5. The van der Waals surface area contributed by atoms with Crippen LogP contribution in [0.2, 0.25) is 0 Å². The van der Waals surface area contributed by atoms with Gasteiger partial charge >= 0.3 is 0 Å². The molecule has 0 fully saturated rings. The molecule has 0 heterocycles. The van der Waals surface area contributed by atoms with Crippen molar-refractivity contribution in [3.05, 3.63) is 158 Å². The van der Waals surface area contributed by atoms with E-state index in [1.807, 2.05) is 6.08 Å². The number of allylic oxidation sites excluding steroid dienone is 25. The molecule has 1 amide bonds. The van der Waals surface area contributed by atoms with Gasteiger partial charge in [-0.25, -0.2) is 0 Å². The van der Waals surface area contributed by atoms with Gasteiger partial charge in [0.25, 0.3) is 0 Å². The molecule has 0 aliphatic carbocycles. The van der Waals surface area contributed by atoms with Crippen LogP contribution >= 0.6 is 0 Å². The largest absolute Gasteiger partial charge is 0.394 e. The summed E-state index contributed by atoms with van der Waals surface area (Å²) in [5.41, 5.74) is 0. The van der Waals surface area contributed by atoms with Crippen molar-refractivity contribution in [2.45, 2.75) is 347 Å². The summed E-state index contributed by atoms with van der Waals surface area (Å²) < 4.78 is 0. The zero-order valence-corrected chi connectivity index (χ0v) is 56.5. The summed E-state index contributed by atoms with van der Waals surface area (Å²) in [6.07, 6.45) is 119. The lowest BCUT2D eigenvalue weighted by atomic mass is 10.0. The van der Waals surface area contributed by atoms with Gasteiger partial charge in [-0.2, -0.15) is 0 Å². The fraction of sp³-hybridized carbons (Fsp3) is 0.671. The highest BCUT2D eigenvalue weighted by Gasteiger charge is 2.18. The summed E-state index contributed by atoms with van der Waals surface area (Å²) in [4.78, 5) is 12.5. The van der Waals surface area contributed by atoms with E-state index in [2.05, 4.69) is 165 Å². The Bertz CT molecular complexity index is 1780. The molecule has 4 heteroatoms. The molecule has 0 aliphatic rings. The number of hydrogen-bond donors (Lipinski definition) is 3. The summed E-state index contributed by atoms with van der Waals surface area (Å²) >= 11 is 0. The van der Waals surface area contributed by atoms with Crippen LogP contribution in [-0.4, -0.2) is 34.9 Å². The van der Waals surface area contributed by atoms with Gasteiger partial charge in [-0.15, -0.1) is 0 Å². The van der Waals surface area contributed by atoms with Gasteiger partial charge < -0.3 is 15.5 Å². The zero-order chi connectivity index (χ0) is 61.9. The Morgan fingerprint density at radius 3 is 0.814 bits per heavy atom. The first-order valence-electron chi connectivity index (χ1n) is 36.7. The van der Waals surface area contributed by atoms with Crippen LogP contribution in [0.5, 0.6) is 0 Å². The predicted molar refractivity (Wildman–Crippen MR) is 386 cm³/mol. The van der Waals surface area contributed by atoms with Gasteiger partial charge in [0.2, 0.25) is 5.91 Å². The Labute approximate surface area is 535 Å². The molecular weight excluding hydrogens is 1050 g/mol. The van der Waals surface area contributed by atoms with Crippen LogP contribution in [0.1, 0.15) is 335 Å². The van der Waals surface area contributed by atoms with Gasteiger partial charge in [0, 0.05) is 6.42 Å². The molecule has 0 aromatic heterocycles. The number of aliphatic hydroxyl groups is 2. The average molecular weight is 1190 g/mol. The van der Waals surface area contributed by atoms with E-state index in [1.54, 1.807) is 6.08 Å². The lowest BCUT2D eigenvalue weighted by Gasteiger charge is -2.19. The van der Waals surface area contributed by atoms with Gasteiger partial charge in [0.15, 0.2) is 0 Å². The van der Waals surface area contributed by atoms with Crippen molar-refractivity contribution in [1.29, 1.82) is 0 Å². The number of carbonyl (C=O) groups is 1. The molecule has 0 spiro atoms.